The second-order valence-corrected chi connectivity index (χ2v) is 9.85. The Morgan fingerprint density at radius 1 is 0.941 bits per heavy atom. The molecular formula is C27H48O7. The standard InChI is InChI=1S/C27H48O7/c1-10-21(29-5)18(4)19-14-15-20(19)22(28)16(2)12-11-13-17(3)23-24(30-6)25(31-7)26(32-8)27(33-9)34-23/h11-13,16,18-28H,10,14-15H2,1-9H3/b12-11+,17-13+/t16-,18+,19-,20+,21+,22-,23-,24-,25+,26-,27+/m1/s1. The zero-order valence-corrected chi connectivity index (χ0v) is 22.6. The summed E-state index contributed by atoms with van der Waals surface area (Å²) in [4.78, 5) is 0. The van der Waals surface area contributed by atoms with Crippen LogP contribution in [0.4, 0.5) is 0 Å². The molecule has 0 aromatic carbocycles. The molecule has 1 aliphatic heterocycles. The zero-order chi connectivity index (χ0) is 25.4. The summed E-state index contributed by atoms with van der Waals surface area (Å²) < 4.78 is 34.4. The van der Waals surface area contributed by atoms with Crippen LogP contribution in [0.25, 0.3) is 0 Å². The molecule has 11 atom stereocenters. The third kappa shape index (κ3) is 6.49. The first-order valence-electron chi connectivity index (χ1n) is 12.6. The summed E-state index contributed by atoms with van der Waals surface area (Å²) in [6, 6.07) is 0. The van der Waals surface area contributed by atoms with Gasteiger partial charge in [0.05, 0.1) is 12.2 Å². The van der Waals surface area contributed by atoms with Gasteiger partial charge in [-0.1, -0.05) is 39.0 Å². The molecule has 7 heteroatoms. The molecule has 1 saturated heterocycles. The van der Waals surface area contributed by atoms with Gasteiger partial charge in [-0.3, -0.25) is 0 Å². The minimum atomic E-state index is -0.559. The molecule has 0 aromatic rings. The zero-order valence-electron chi connectivity index (χ0n) is 22.6. The van der Waals surface area contributed by atoms with Crippen LogP contribution in [-0.2, 0) is 28.4 Å². The molecule has 2 rings (SSSR count). The lowest BCUT2D eigenvalue weighted by Crippen LogP contribution is -2.60. The minimum Gasteiger partial charge on any atom is -0.392 e. The SMILES string of the molecule is CC[C@H](OC)[C@@H](C)[C@H]1CC[C@@H]1[C@H](O)[C@H](C)/C=C/C=C(\C)[C@H]1O[C@H](OC)[C@H](OC)[C@@H](OC)[C@@H]1OC. The highest BCUT2D eigenvalue weighted by Crippen LogP contribution is 2.45. The molecule has 7 nitrogen and oxygen atoms in total. The van der Waals surface area contributed by atoms with E-state index in [1.165, 1.54) is 6.42 Å². The molecule has 0 amide bonds. The molecule has 0 unspecified atom stereocenters. The van der Waals surface area contributed by atoms with E-state index in [2.05, 4.69) is 26.8 Å². The number of methoxy groups -OCH3 is 5. The van der Waals surface area contributed by atoms with Crippen molar-refractivity contribution in [3.8, 4) is 0 Å². The molecule has 34 heavy (non-hydrogen) atoms. The van der Waals surface area contributed by atoms with Gasteiger partial charge in [-0.15, -0.1) is 0 Å². The number of aliphatic hydroxyl groups is 1. The molecule has 0 aromatic heterocycles. The van der Waals surface area contributed by atoms with E-state index in [1.807, 2.05) is 19.1 Å². The first-order chi connectivity index (χ1) is 16.3. The highest BCUT2D eigenvalue weighted by atomic mass is 16.7. The van der Waals surface area contributed by atoms with Crippen LogP contribution in [0.5, 0.6) is 0 Å². The Kier molecular flexibility index (Phi) is 12.2. The number of aliphatic hydroxyl groups excluding tert-OH is 1. The highest BCUT2D eigenvalue weighted by molar-refractivity contribution is 5.19. The van der Waals surface area contributed by atoms with Crippen molar-refractivity contribution in [2.24, 2.45) is 23.7 Å². The molecule has 0 spiro atoms. The second-order valence-electron chi connectivity index (χ2n) is 9.85. The van der Waals surface area contributed by atoms with E-state index in [9.17, 15) is 5.11 Å². The van der Waals surface area contributed by atoms with Gasteiger partial charge in [-0.05, 0) is 49.5 Å². The van der Waals surface area contributed by atoms with Crippen LogP contribution in [-0.4, -0.2) is 83.6 Å². The van der Waals surface area contributed by atoms with Crippen LogP contribution in [0.3, 0.4) is 0 Å². The Bertz CT molecular complexity index is 647. The maximum absolute atomic E-state index is 11.1. The molecule has 1 heterocycles. The molecule has 1 N–H and O–H groups in total. The van der Waals surface area contributed by atoms with E-state index < -0.39 is 12.4 Å². The number of hydrogen-bond donors (Lipinski definition) is 1. The van der Waals surface area contributed by atoms with Gasteiger partial charge in [0.15, 0.2) is 6.29 Å². The van der Waals surface area contributed by atoms with Crippen LogP contribution in [0.15, 0.2) is 23.8 Å². The van der Waals surface area contributed by atoms with Crippen LogP contribution >= 0.6 is 0 Å². The Hall–Kier alpha value is -0.800. The summed E-state index contributed by atoms with van der Waals surface area (Å²) >= 11 is 0. The maximum Gasteiger partial charge on any atom is 0.186 e. The second kappa shape index (κ2) is 14.1. The molecule has 2 aliphatic rings. The van der Waals surface area contributed by atoms with Gasteiger partial charge in [0.2, 0.25) is 0 Å². The van der Waals surface area contributed by atoms with Gasteiger partial charge < -0.3 is 33.5 Å². The van der Waals surface area contributed by atoms with Gasteiger partial charge in [0, 0.05) is 41.5 Å². The van der Waals surface area contributed by atoms with Crippen molar-refractivity contribution in [2.45, 2.75) is 89.9 Å². The van der Waals surface area contributed by atoms with Crippen molar-refractivity contribution < 1.29 is 33.5 Å². The van der Waals surface area contributed by atoms with E-state index >= 15 is 0 Å². The van der Waals surface area contributed by atoms with Gasteiger partial charge >= 0.3 is 0 Å². The molecule has 2 fully saturated rings. The quantitative estimate of drug-likeness (QED) is 0.396. The molecule has 198 valence electrons. The van der Waals surface area contributed by atoms with Crippen LogP contribution in [0.1, 0.15) is 47.0 Å². The Balaban J connectivity index is 2.05. The minimum absolute atomic E-state index is 0.0495. The van der Waals surface area contributed by atoms with Gasteiger partial charge in [-0.25, -0.2) is 0 Å². The van der Waals surface area contributed by atoms with Crippen molar-refractivity contribution in [1.29, 1.82) is 0 Å². The molecule has 1 saturated carbocycles. The Labute approximate surface area is 206 Å². The van der Waals surface area contributed by atoms with Crippen molar-refractivity contribution in [3.63, 3.8) is 0 Å². The van der Waals surface area contributed by atoms with Crippen molar-refractivity contribution in [3.05, 3.63) is 23.8 Å². The maximum atomic E-state index is 11.1. The molecule has 0 bridgehead atoms. The van der Waals surface area contributed by atoms with E-state index in [0.29, 0.717) is 17.8 Å². The third-order valence-electron chi connectivity index (χ3n) is 8.09. The smallest absolute Gasteiger partial charge is 0.186 e. The number of hydrogen-bond acceptors (Lipinski definition) is 7. The largest absolute Gasteiger partial charge is 0.392 e. The topological polar surface area (TPSA) is 75.6 Å². The summed E-state index contributed by atoms with van der Waals surface area (Å²) in [5, 5.41) is 11.1. The summed E-state index contributed by atoms with van der Waals surface area (Å²) in [7, 11) is 8.29. The Morgan fingerprint density at radius 3 is 2.03 bits per heavy atom. The van der Waals surface area contributed by atoms with Gasteiger partial charge in [-0.2, -0.15) is 0 Å². The predicted octanol–water partition coefficient (Wildman–Crippen LogP) is 3.99. The lowest BCUT2D eigenvalue weighted by atomic mass is 9.62. The third-order valence-corrected chi connectivity index (χ3v) is 8.09. The number of ether oxygens (including phenoxy) is 6. The lowest BCUT2D eigenvalue weighted by molar-refractivity contribution is -0.295. The van der Waals surface area contributed by atoms with E-state index in [-0.39, 0.29) is 36.4 Å². The van der Waals surface area contributed by atoms with Crippen LogP contribution < -0.4 is 0 Å². The van der Waals surface area contributed by atoms with Crippen LogP contribution in [0, 0.1) is 23.7 Å². The average Bonchev–Trinajstić information content (AvgIpc) is 2.82. The Morgan fingerprint density at radius 2 is 1.56 bits per heavy atom. The fraction of sp³-hybridized carbons (Fsp3) is 0.852. The van der Waals surface area contributed by atoms with Crippen molar-refractivity contribution in [1.82, 2.24) is 0 Å². The predicted molar refractivity (Wildman–Crippen MR) is 133 cm³/mol. The van der Waals surface area contributed by atoms with E-state index in [1.54, 1.807) is 35.5 Å². The highest BCUT2D eigenvalue weighted by Gasteiger charge is 2.48. The fourth-order valence-electron chi connectivity index (χ4n) is 5.78. The van der Waals surface area contributed by atoms with Crippen LogP contribution in [0.2, 0.25) is 0 Å². The first kappa shape index (κ1) is 29.4. The normalized spacial score (nSPS) is 36.2. The summed E-state index contributed by atoms with van der Waals surface area (Å²) in [5.74, 6) is 1.33. The first-order valence-corrected chi connectivity index (χ1v) is 12.6. The number of allylic oxidation sites excluding steroid dienone is 2. The fourth-order valence-corrected chi connectivity index (χ4v) is 5.78. The molecule has 0 radical (unpaired) electrons. The molecular weight excluding hydrogens is 436 g/mol. The van der Waals surface area contributed by atoms with Crippen molar-refractivity contribution >= 4 is 0 Å². The summed E-state index contributed by atoms with van der Waals surface area (Å²) in [6.07, 6.45) is 7.28. The average molecular weight is 485 g/mol. The monoisotopic (exact) mass is 484 g/mol. The van der Waals surface area contributed by atoms with Gasteiger partial charge in [0.25, 0.3) is 0 Å². The lowest BCUT2D eigenvalue weighted by Gasteiger charge is -2.46. The number of rotatable bonds is 13. The summed E-state index contributed by atoms with van der Waals surface area (Å²) in [5.41, 5.74) is 0.990. The van der Waals surface area contributed by atoms with Gasteiger partial charge in [0.1, 0.15) is 24.4 Å². The summed E-state index contributed by atoms with van der Waals surface area (Å²) in [6.45, 7) is 8.52. The van der Waals surface area contributed by atoms with E-state index in [0.717, 1.165) is 18.4 Å². The van der Waals surface area contributed by atoms with Crippen molar-refractivity contribution in [2.75, 3.05) is 35.5 Å². The molecule has 1 aliphatic carbocycles. The van der Waals surface area contributed by atoms with E-state index in [4.69, 9.17) is 28.4 Å².